The SMILES string of the molecule is N#CC1CCCC1NC(=O)C(O)c1ccccc1. The Labute approximate surface area is 106 Å². The number of rotatable bonds is 3. The molecule has 94 valence electrons. The Bertz CT molecular complexity index is 453. The van der Waals surface area contributed by atoms with Crippen LogP contribution in [-0.2, 0) is 4.79 Å². The Balaban J connectivity index is 1.98. The van der Waals surface area contributed by atoms with E-state index in [0.29, 0.717) is 5.56 Å². The van der Waals surface area contributed by atoms with Crippen molar-refractivity contribution >= 4 is 5.91 Å². The van der Waals surface area contributed by atoms with Crippen LogP contribution < -0.4 is 5.32 Å². The Morgan fingerprint density at radius 1 is 1.39 bits per heavy atom. The number of amides is 1. The third-order valence-electron chi connectivity index (χ3n) is 3.37. The van der Waals surface area contributed by atoms with Crippen LogP contribution in [0.1, 0.15) is 30.9 Å². The number of hydrogen-bond donors (Lipinski definition) is 2. The van der Waals surface area contributed by atoms with Crippen molar-refractivity contribution in [2.75, 3.05) is 0 Å². The topological polar surface area (TPSA) is 73.1 Å². The van der Waals surface area contributed by atoms with Gasteiger partial charge in [0, 0.05) is 6.04 Å². The molecule has 1 saturated carbocycles. The van der Waals surface area contributed by atoms with Gasteiger partial charge in [0.1, 0.15) is 0 Å². The molecular formula is C14H16N2O2. The normalized spacial score (nSPS) is 24.2. The van der Waals surface area contributed by atoms with E-state index in [1.807, 2.05) is 6.07 Å². The van der Waals surface area contributed by atoms with Crippen LogP contribution in [0.15, 0.2) is 30.3 Å². The number of aliphatic hydroxyl groups excluding tert-OH is 1. The molecule has 2 rings (SSSR count). The molecule has 0 aromatic heterocycles. The third-order valence-corrected chi connectivity index (χ3v) is 3.37. The molecule has 4 heteroatoms. The van der Waals surface area contributed by atoms with Gasteiger partial charge in [-0.2, -0.15) is 5.26 Å². The van der Waals surface area contributed by atoms with Crippen molar-refractivity contribution in [2.45, 2.75) is 31.4 Å². The molecule has 4 nitrogen and oxygen atoms in total. The van der Waals surface area contributed by atoms with E-state index >= 15 is 0 Å². The van der Waals surface area contributed by atoms with Gasteiger partial charge < -0.3 is 10.4 Å². The minimum Gasteiger partial charge on any atom is -0.378 e. The first-order chi connectivity index (χ1) is 8.72. The molecule has 1 aliphatic rings. The van der Waals surface area contributed by atoms with E-state index in [9.17, 15) is 9.90 Å². The number of nitrogens with zero attached hydrogens (tertiary/aromatic N) is 1. The highest BCUT2D eigenvalue weighted by atomic mass is 16.3. The number of carbonyl (C=O) groups is 1. The summed E-state index contributed by atoms with van der Waals surface area (Å²) in [6.07, 6.45) is 1.42. The lowest BCUT2D eigenvalue weighted by atomic mass is 10.0. The second kappa shape index (κ2) is 5.65. The summed E-state index contributed by atoms with van der Waals surface area (Å²) in [4.78, 5) is 11.9. The van der Waals surface area contributed by atoms with E-state index < -0.39 is 12.0 Å². The first kappa shape index (κ1) is 12.6. The number of hydrogen-bond acceptors (Lipinski definition) is 3. The number of benzene rings is 1. The van der Waals surface area contributed by atoms with Crippen molar-refractivity contribution < 1.29 is 9.90 Å². The van der Waals surface area contributed by atoms with Crippen molar-refractivity contribution in [3.05, 3.63) is 35.9 Å². The van der Waals surface area contributed by atoms with Crippen LogP contribution in [0.2, 0.25) is 0 Å². The largest absolute Gasteiger partial charge is 0.378 e. The smallest absolute Gasteiger partial charge is 0.253 e. The van der Waals surface area contributed by atoms with Crippen LogP contribution in [0.4, 0.5) is 0 Å². The number of aliphatic hydroxyl groups is 1. The molecule has 1 aliphatic carbocycles. The maximum atomic E-state index is 11.9. The van der Waals surface area contributed by atoms with Gasteiger partial charge >= 0.3 is 0 Å². The standard InChI is InChI=1S/C14H16N2O2/c15-9-11-7-4-8-12(11)16-14(18)13(17)10-5-2-1-3-6-10/h1-3,5-6,11-13,17H,4,7-8H2,(H,16,18). The molecular weight excluding hydrogens is 228 g/mol. The first-order valence-electron chi connectivity index (χ1n) is 6.15. The summed E-state index contributed by atoms with van der Waals surface area (Å²) in [6, 6.07) is 10.9. The second-order valence-electron chi connectivity index (χ2n) is 4.59. The molecule has 18 heavy (non-hydrogen) atoms. The van der Waals surface area contributed by atoms with E-state index in [1.54, 1.807) is 24.3 Å². The van der Waals surface area contributed by atoms with Gasteiger partial charge in [-0.05, 0) is 24.8 Å². The van der Waals surface area contributed by atoms with Crippen molar-refractivity contribution in [2.24, 2.45) is 5.92 Å². The van der Waals surface area contributed by atoms with Crippen LogP contribution >= 0.6 is 0 Å². The quantitative estimate of drug-likeness (QED) is 0.846. The van der Waals surface area contributed by atoms with Gasteiger partial charge in [-0.1, -0.05) is 30.3 Å². The van der Waals surface area contributed by atoms with E-state index in [0.717, 1.165) is 19.3 Å². The summed E-state index contributed by atoms with van der Waals surface area (Å²) in [7, 11) is 0. The van der Waals surface area contributed by atoms with Crippen molar-refractivity contribution in [3.8, 4) is 6.07 Å². The van der Waals surface area contributed by atoms with E-state index in [1.165, 1.54) is 0 Å². The summed E-state index contributed by atoms with van der Waals surface area (Å²) < 4.78 is 0. The molecule has 0 saturated heterocycles. The van der Waals surface area contributed by atoms with Gasteiger partial charge in [0.2, 0.25) is 0 Å². The second-order valence-corrected chi connectivity index (χ2v) is 4.59. The fourth-order valence-electron chi connectivity index (χ4n) is 2.34. The molecule has 1 amide bonds. The van der Waals surface area contributed by atoms with Crippen LogP contribution in [0, 0.1) is 17.2 Å². The molecule has 0 heterocycles. The van der Waals surface area contributed by atoms with E-state index in [4.69, 9.17) is 5.26 Å². The van der Waals surface area contributed by atoms with Crippen LogP contribution in [-0.4, -0.2) is 17.1 Å². The molecule has 1 aromatic carbocycles. The lowest BCUT2D eigenvalue weighted by molar-refractivity contribution is -0.130. The summed E-state index contributed by atoms with van der Waals surface area (Å²) in [6.45, 7) is 0. The van der Waals surface area contributed by atoms with E-state index in [2.05, 4.69) is 11.4 Å². The minimum absolute atomic E-state index is 0.124. The van der Waals surface area contributed by atoms with Crippen molar-refractivity contribution in [3.63, 3.8) is 0 Å². The third kappa shape index (κ3) is 2.69. The van der Waals surface area contributed by atoms with Crippen molar-refractivity contribution in [1.82, 2.24) is 5.32 Å². The van der Waals surface area contributed by atoms with Gasteiger partial charge in [0.25, 0.3) is 5.91 Å². The Hall–Kier alpha value is -1.86. The van der Waals surface area contributed by atoms with Gasteiger partial charge in [-0.25, -0.2) is 0 Å². The predicted octanol–water partition coefficient (Wildman–Crippen LogP) is 1.53. The maximum absolute atomic E-state index is 11.9. The molecule has 3 atom stereocenters. The van der Waals surface area contributed by atoms with Gasteiger partial charge in [-0.15, -0.1) is 0 Å². The van der Waals surface area contributed by atoms with Crippen LogP contribution in [0.3, 0.4) is 0 Å². The van der Waals surface area contributed by atoms with E-state index in [-0.39, 0.29) is 12.0 Å². The number of nitrogens with one attached hydrogen (secondary N) is 1. The molecule has 0 bridgehead atoms. The first-order valence-corrected chi connectivity index (χ1v) is 6.15. The highest BCUT2D eigenvalue weighted by Crippen LogP contribution is 2.25. The van der Waals surface area contributed by atoms with Gasteiger partial charge in [-0.3, -0.25) is 4.79 Å². The zero-order chi connectivity index (χ0) is 13.0. The highest BCUT2D eigenvalue weighted by Gasteiger charge is 2.30. The Morgan fingerprint density at radius 3 is 2.78 bits per heavy atom. The highest BCUT2D eigenvalue weighted by molar-refractivity contribution is 5.82. The molecule has 3 unspecified atom stereocenters. The fraction of sp³-hybridized carbons (Fsp3) is 0.429. The molecule has 1 fully saturated rings. The Kier molecular flexibility index (Phi) is 3.96. The maximum Gasteiger partial charge on any atom is 0.253 e. The average Bonchev–Trinajstić information content (AvgIpc) is 2.86. The summed E-state index contributed by atoms with van der Waals surface area (Å²) in [5, 5.41) is 21.6. The molecule has 2 N–H and O–H groups in total. The molecule has 1 aromatic rings. The molecule has 0 spiro atoms. The summed E-state index contributed by atoms with van der Waals surface area (Å²) in [5.41, 5.74) is 0.571. The van der Waals surface area contributed by atoms with Crippen LogP contribution in [0.25, 0.3) is 0 Å². The minimum atomic E-state index is -1.16. The molecule has 0 aliphatic heterocycles. The predicted molar refractivity (Wildman–Crippen MR) is 66.3 cm³/mol. The number of nitriles is 1. The number of carbonyl (C=O) groups excluding carboxylic acids is 1. The fourth-order valence-corrected chi connectivity index (χ4v) is 2.34. The Morgan fingerprint density at radius 2 is 2.11 bits per heavy atom. The zero-order valence-electron chi connectivity index (χ0n) is 10.0. The monoisotopic (exact) mass is 244 g/mol. The molecule has 0 radical (unpaired) electrons. The van der Waals surface area contributed by atoms with Crippen molar-refractivity contribution in [1.29, 1.82) is 5.26 Å². The lowest BCUT2D eigenvalue weighted by Gasteiger charge is -2.18. The summed E-state index contributed by atoms with van der Waals surface area (Å²) >= 11 is 0. The summed E-state index contributed by atoms with van der Waals surface area (Å²) in [5.74, 6) is -0.551. The zero-order valence-corrected chi connectivity index (χ0v) is 10.0. The lowest BCUT2D eigenvalue weighted by Crippen LogP contribution is -2.39. The average molecular weight is 244 g/mol. The van der Waals surface area contributed by atoms with Gasteiger partial charge in [0.05, 0.1) is 12.0 Å². The van der Waals surface area contributed by atoms with Crippen LogP contribution in [0.5, 0.6) is 0 Å². The van der Waals surface area contributed by atoms with Gasteiger partial charge in [0.15, 0.2) is 6.10 Å².